The van der Waals surface area contributed by atoms with Crippen LogP contribution in [-0.2, 0) is 21.2 Å². The predicted octanol–water partition coefficient (Wildman–Crippen LogP) is 2.26. The van der Waals surface area contributed by atoms with E-state index < -0.39 is 10.0 Å². The molecule has 1 N–H and O–H groups in total. The summed E-state index contributed by atoms with van der Waals surface area (Å²) in [7, 11) is -3.66. The summed E-state index contributed by atoms with van der Waals surface area (Å²) >= 11 is 0. The highest BCUT2D eigenvalue weighted by atomic mass is 32.2. The number of fused-ring (bicyclic) bond motifs is 1. The molecule has 0 atom stereocenters. The molecular formula is C15H13NO4S. The van der Waals surface area contributed by atoms with Crippen LogP contribution >= 0.6 is 0 Å². The molecule has 0 unspecified atom stereocenters. The fraction of sp³-hybridized carbons (Fsp3) is 0.133. The van der Waals surface area contributed by atoms with Gasteiger partial charge in [0.1, 0.15) is 5.75 Å². The van der Waals surface area contributed by atoms with E-state index in [1.165, 1.54) is 12.1 Å². The van der Waals surface area contributed by atoms with Crippen LogP contribution in [0.5, 0.6) is 5.75 Å². The Morgan fingerprint density at radius 1 is 1.14 bits per heavy atom. The lowest BCUT2D eigenvalue weighted by molar-refractivity contribution is -0.131. The summed E-state index contributed by atoms with van der Waals surface area (Å²) in [5.74, 6) is 0.0869. The number of sulfonamides is 1. The third kappa shape index (κ3) is 2.62. The number of rotatable bonds is 3. The highest BCUT2D eigenvalue weighted by molar-refractivity contribution is 7.92. The molecule has 21 heavy (non-hydrogen) atoms. The largest absolute Gasteiger partial charge is 0.426 e. The summed E-state index contributed by atoms with van der Waals surface area (Å²) in [5.41, 5.74) is 1.93. The number of hydrogen-bond acceptors (Lipinski definition) is 4. The molecule has 2 aromatic rings. The number of anilines is 1. The van der Waals surface area contributed by atoms with Crippen molar-refractivity contribution in [2.75, 3.05) is 4.72 Å². The Labute approximate surface area is 122 Å². The average molecular weight is 303 g/mol. The smallest absolute Gasteiger partial charge is 0.315 e. The number of hydrogen-bond donors (Lipinski definition) is 1. The lowest BCUT2D eigenvalue weighted by Gasteiger charge is -2.11. The van der Waals surface area contributed by atoms with E-state index in [2.05, 4.69) is 4.72 Å². The van der Waals surface area contributed by atoms with Crippen LogP contribution in [0.15, 0.2) is 47.4 Å². The first-order valence-corrected chi connectivity index (χ1v) is 7.86. The van der Waals surface area contributed by atoms with E-state index in [-0.39, 0.29) is 17.3 Å². The highest BCUT2D eigenvalue weighted by Gasteiger charge is 2.23. The van der Waals surface area contributed by atoms with Crippen molar-refractivity contribution in [2.45, 2.75) is 18.2 Å². The lowest BCUT2D eigenvalue weighted by atomic mass is 10.1. The third-order valence-electron chi connectivity index (χ3n) is 3.26. The molecule has 2 aromatic carbocycles. The summed E-state index contributed by atoms with van der Waals surface area (Å²) in [5, 5.41) is 0. The molecule has 6 heteroatoms. The fourth-order valence-electron chi connectivity index (χ4n) is 2.21. The first-order valence-electron chi connectivity index (χ1n) is 6.38. The average Bonchev–Trinajstić information content (AvgIpc) is 2.79. The van der Waals surface area contributed by atoms with Crippen molar-refractivity contribution in [3.63, 3.8) is 0 Å². The Balaban J connectivity index is 1.96. The number of benzene rings is 2. The van der Waals surface area contributed by atoms with Gasteiger partial charge < -0.3 is 4.74 Å². The maximum Gasteiger partial charge on any atom is 0.315 e. The summed E-state index contributed by atoms with van der Waals surface area (Å²) in [4.78, 5) is 11.5. The van der Waals surface area contributed by atoms with Gasteiger partial charge in [-0.15, -0.1) is 0 Å². The van der Waals surface area contributed by atoms with Crippen molar-refractivity contribution in [1.82, 2.24) is 0 Å². The van der Waals surface area contributed by atoms with Crippen molar-refractivity contribution in [1.29, 1.82) is 0 Å². The molecule has 108 valence electrons. The molecule has 1 heterocycles. The molecule has 0 aliphatic carbocycles. The number of carbonyl (C=O) groups is 1. The second kappa shape index (κ2) is 4.89. The van der Waals surface area contributed by atoms with Crippen molar-refractivity contribution in [2.24, 2.45) is 0 Å². The monoisotopic (exact) mass is 303 g/mol. The minimum atomic E-state index is -3.66. The van der Waals surface area contributed by atoms with Gasteiger partial charge in [-0.25, -0.2) is 8.42 Å². The Morgan fingerprint density at radius 3 is 2.57 bits per heavy atom. The minimum Gasteiger partial charge on any atom is -0.426 e. The SMILES string of the molecule is Cc1cc2c(cc1NS(=O)(=O)c1ccccc1)OC(=O)C2. The summed E-state index contributed by atoms with van der Waals surface area (Å²) < 4.78 is 32.2. The van der Waals surface area contributed by atoms with Crippen LogP contribution in [0.4, 0.5) is 5.69 Å². The molecule has 1 aliphatic heterocycles. The van der Waals surface area contributed by atoms with E-state index >= 15 is 0 Å². The molecular weight excluding hydrogens is 290 g/mol. The van der Waals surface area contributed by atoms with Crippen LogP contribution in [0.25, 0.3) is 0 Å². The van der Waals surface area contributed by atoms with Crippen molar-refractivity contribution >= 4 is 21.7 Å². The lowest BCUT2D eigenvalue weighted by Crippen LogP contribution is -2.13. The van der Waals surface area contributed by atoms with Gasteiger partial charge in [-0.05, 0) is 30.7 Å². The summed E-state index contributed by atoms with van der Waals surface area (Å²) in [6.07, 6.45) is 0.224. The standard InChI is InChI=1S/C15H13NO4S/c1-10-7-11-8-15(17)20-14(11)9-13(10)16-21(18,19)12-5-3-2-4-6-12/h2-7,9,16H,8H2,1H3. The zero-order chi connectivity index (χ0) is 15.0. The van der Waals surface area contributed by atoms with E-state index in [1.807, 2.05) is 0 Å². The van der Waals surface area contributed by atoms with E-state index in [9.17, 15) is 13.2 Å². The van der Waals surface area contributed by atoms with Crippen LogP contribution in [0.2, 0.25) is 0 Å². The Bertz CT molecular complexity index is 813. The zero-order valence-electron chi connectivity index (χ0n) is 11.3. The van der Waals surface area contributed by atoms with Gasteiger partial charge in [-0.1, -0.05) is 18.2 Å². The van der Waals surface area contributed by atoms with Gasteiger partial charge in [-0.2, -0.15) is 0 Å². The van der Waals surface area contributed by atoms with Crippen molar-refractivity contribution < 1.29 is 17.9 Å². The molecule has 1 aliphatic rings. The molecule has 0 amide bonds. The molecule has 0 saturated carbocycles. The Kier molecular flexibility index (Phi) is 3.17. The Morgan fingerprint density at radius 2 is 1.86 bits per heavy atom. The molecule has 0 bridgehead atoms. The van der Waals surface area contributed by atoms with Gasteiger partial charge in [-0.3, -0.25) is 9.52 Å². The van der Waals surface area contributed by atoms with E-state index in [4.69, 9.17) is 4.74 Å². The van der Waals surface area contributed by atoms with Gasteiger partial charge in [0.05, 0.1) is 17.0 Å². The predicted molar refractivity (Wildman–Crippen MR) is 77.8 cm³/mol. The molecule has 0 aromatic heterocycles. The van der Waals surface area contributed by atoms with Gasteiger partial charge in [0.25, 0.3) is 10.0 Å². The molecule has 3 rings (SSSR count). The van der Waals surface area contributed by atoms with Gasteiger partial charge in [0.15, 0.2) is 0 Å². The van der Waals surface area contributed by atoms with Gasteiger partial charge >= 0.3 is 5.97 Å². The molecule has 5 nitrogen and oxygen atoms in total. The normalized spacial score (nSPS) is 13.7. The van der Waals surface area contributed by atoms with Crippen LogP contribution in [0, 0.1) is 6.92 Å². The second-order valence-corrected chi connectivity index (χ2v) is 6.53. The van der Waals surface area contributed by atoms with Crippen LogP contribution < -0.4 is 9.46 Å². The topological polar surface area (TPSA) is 72.5 Å². The number of ether oxygens (including phenoxy) is 1. The van der Waals surface area contributed by atoms with Gasteiger partial charge in [0.2, 0.25) is 0 Å². The van der Waals surface area contributed by atoms with E-state index in [1.54, 1.807) is 37.3 Å². The Hall–Kier alpha value is -2.34. The van der Waals surface area contributed by atoms with Gasteiger partial charge in [0, 0.05) is 11.6 Å². The first kappa shape index (κ1) is 13.6. The highest BCUT2D eigenvalue weighted by Crippen LogP contribution is 2.32. The van der Waals surface area contributed by atoms with E-state index in [0.717, 1.165) is 11.1 Å². The first-order chi connectivity index (χ1) is 9.95. The van der Waals surface area contributed by atoms with Crippen molar-refractivity contribution in [3.8, 4) is 5.75 Å². The number of esters is 1. The van der Waals surface area contributed by atoms with Crippen molar-refractivity contribution in [3.05, 3.63) is 53.6 Å². The zero-order valence-corrected chi connectivity index (χ0v) is 12.1. The number of nitrogens with one attached hydrogen (secondary N) is 1. The maximum absolute atomic E-state index is 12.3. The molecule has 0 spiro atoms. The third-order valence-corrected chi connectivity index (χ3v) is 4.65. The second-order valence-electron chi connectivity index (χ2n) is 4.84. The van der Waals surface area contributed by atoms with Crippen LogP contribution in [-0.4, -0.2) is 14.4 Å². The van der Waals surface area contributed by atoms with Crippen LogP contribution in [0.1, 0.15) is 11.1 Å². The molecule has 0 fully saturated rings. The number of carbonyl (C=O) groups excluding carboxylic acids is 1. The summed E-state index contributed by atoms with van der Waals surface area (Å²) in [6, 6.07) is 11.4. The maximum atomic E-state index is 12.3. The fourth-order valence-corrected chi connectivity index (χ4v) is 3.35. The van der Waals surface area contributed by atoms with E-state index in [0.29, 0.717) is 11.4 Å². The number of aryl methyl sites for hydroxylation is 1. The molecule has 0 saturated heterocycles. The van der Waals surface area contributed by atoms with Crippen LogP contribution in [0.3, 0.4) is 0 Å². The summed E-state index contributed by atoms with van der Waals surface area (Å²) in [6.45, 7) is 1.78. The molecule has 0 radical (unpaired) electrons. The quantitative estimate of drug-likeness (QED) is 0.697. The minimum absolute atomic E-state index is 0.182.